The van der Waals surface area contributed by atoms with Gasteiger partial charge in [0.1, 0.15) is 24.9 Å². The second-order valence-corrected chi connectivity index (χ2v) is 8.52. The van der Waals surface area contributed by atoms with Crippen LogP contribution in [0, 0.1) is 0 Å². The number of hydrogen-bond acceptors (Lipinski definition) is 9. The molecule has 2 aromatic rings. The van der Waals surface area contributed by atoms with E-state index in [4.69, 9.17) is 14.2 Å². The largest absolute Gasteiger partial charge is 0.451 e. The van der Waals surface area contributed by atoms with E-state index >= 15 is 0 Å². The van der Waals surface area contributed by atoms with Crippen molar-refractivity contribution in [3.05, 3.63) is 59.7 Å². The first kappa shape index (κ1) is 23.4. The standard InChI is InChI=1S/C24H24N2O9/c27-10-17-19(29)20(30)23(34-17)26-9-16(22(31)25-24(26)32)33-11-18(28)35-21-14-7-3-1-5-12(14)13-6-2-4-8-15(13)21/h1-8,16-17,19-21,23,27,29-30H,9-11H2,(H,25,31,32)/t16?,17-,19?,20+,23-/m1/s1. The number of carbonyl (C=O) groups is 3. The summed E-state index contributed by atoms with van der Waals surface area (Å²) in [6, 6.07) is 14.3. The summed E-state index contributed by atoms with van der Waals surface area (Å²) >= 11 is 0. The Labute approximate surface area is 199 Å². The maximum atomic E-state index is 12.7. The lowest BCUT2D eigenvalue weighted by Crippen LogP contribution is -2.62. The predicted octanol–water partition coefficient (Wildman–Crippen LogP) is -0.324. The maximum Gasteiger partial charge on any atom is 0.333 e. The van der Waals surface area contributed by atoms with Crippen molar-refractivity contribution in [3.8, 4) is 11.1 Å². The van der Waals surface area contributed by atoms with Crippen LogP contribution in [0.1, 0.15) is 17.2 Å². The van der Waals surface area contributed by atoms with Crippen LogP contribution >= 0.6 is 0 Å². The molecular weight excluding hydrogens is 460 g/mol. The first-order valence-corrected chi connectivity index (χ1v) is 11.1. The van der Waals surface area contributed by atoms with E-state index in [2.05, 4.69) is 5.32 Å². The molecule has 11 nitrogen and oxygen atoms in total. The molecule has 2 saturated heterocycles. The van der Waals surface area contributed by atoms with Crippen molar-refractivity contribution in [2.75, 3.05) is 19.8 Å². The van der Waals surface area contributed by atoms with E-state index in [1.807, 2.05) is 48.5 Å². The average molecular weight is 484 g/mol. The van der Waals surface area contributed by atoms with Gasteiger partial charge in [0.2, 0.25) is 0 Å². The van der Waals surface area contributed by atoms with Crippen LogP contribution in [0.3, 0.4) is 0 Å². The Morgan fingerprint density at radius 1 is 1.03 bits per heavy atom. The fraction of sp³-hybridized carbons (Fsp3) is 0.375. The van der Waals surface area contributed by atoms with E-state index in [1.54, 1.807) is 0 Å². The zero-order chi connectivity index (χ0) is 24.7. The Bertz CT molecular complexity index is 1110. The number of ether oxygens (including phenoxy) is 3. The van der Waals surface area contributed by atoms with Gasteiger partial charge in [-0.05, 0) is 11.1 Å². The quantitative estimate of drug-likeness (QED) is 0.404. The van der Waals surface area contributed by atoms with Crippen LogP contribution in [-0.4, -0.2) is 88.5 Å². The number of nitrogens with one attached hydrogen (secondary N) is 1. The van der Waals surface area contributed by atoms with Gasteiger partial charge in [-0.3, -0.25) is 15.0 Å². The molecule has 5 atom stereocenters. The fourth-order valence-electron chi connectivity index (χ4n) is 4.66. The maximum absolute atomic E-state index is 12.7. The van der Waals surface area contributed by atoms with E-state index in [1.165, 1.54) is 0 Å². The van der Waals surface area contributed by atoms with Crippen molar-refractivity contribution in [1.82, 2.24) is 10.2 Å². The molecule has 5 rings (SSSR count). The molecule has 2 fully saturated rings. The summed E-state index contributed by atoms with van der Waals surface area (Å²) in [5.41, 5.74) is 3.64. The van der Waals surface area contributed by atoms with Gasteiger partial charge in [-0.25, -0.2) is 9.59 Å². The van der Waals surface area contributed by atoms with Crippen molar-refractivity contribution >= 4 is 17.9 Å². The van der Waals surface area contributed by atoms with Gasteiger partial charge in [0, 0.05) is 11.1 Å². The second-order valence-electron chi connectivity index (χ2n) is 8.52. The zero-order valence-corrected chi connectivity index (χ0v) is 18.4. The molecule has 2 unspecified atom stereocenters. The monoisotopic (exact) mass is 484 g/mol. The predicted molar refractivity (Wildman–Crippen MR) is 118 cm³/mol. The van der Waals surface area contributed by atoms with Gasteiger partial charge < -0.3 is 29.5 Å². The van der Waals surface area contributed by atoms with Gasteiger partial charge in [0.15, 0.2) is 18.4 Å². The molecule has 2 heterocycles. The number of fused-ring (bicyclic) bond motifs is 3. The fourth-order valence-corrected chi connectivity index (χ4v) is 4.66. The normalized spacial score (nSPS) is 28.0. The number of nitrogens with zero attached hydrogens (tertiary/aromatic N) is 1. The molecule has 0 saturated carbocycles. The minimum Gasteiger partial charge on any atom is -0.451 e. The number of hydrogen-bond donors (Lipinski definition) is 4. The molecule has 2 aliphatic heterocycles. The number of urea groups is 1. The smallest absolute Gasteiger partial charge is 0.333 e. The highest BCUT2D eigenvalue weighted by atomic mass is 16.6. The number of rotatable bonds is 6. The van der Waals surface area contributed by atoms with E-state index < -0.39 is 67.9 Å². The highest BCUT2D eigenvalue weighted by molar-refractivity contribution is 5.99. The first-order valence-electron chi connectivity index (χ1n) is 11.1. The highest BCUT2D eigenvalue weighted by Crippen LogP contribution is 2.45. The van der Waals surface area contributed by atoms with Crippen molar-refractivity contribution in [3.63, 3.8) is 0 Å². The van der Waals surface area contributed by atoms with E-state index in [0.717, 1.165) is 27.2 Å². The number of imide groups is 1. The molecule has 4 N–H and O–H groups in total. The summed E-state index contributed by atoms with van der Waals surface area (Å²) < 4.78 is 16.5. The van der Waals surface area contributed by atoms with E-state index in [0.29, 0.717) is 0 Å². The summed E-state index contributed by atoms with van der Waals surface area (Å²) in [5, 5.41) is 31.5. The number of esters is 1. The minimum absolute atomic E-state index is 0.334. The molecule has 2 aromatic carbocycles. The molecule has 35 heavy (non-hydrogen) atoms. The Balaban J connectivity index is 1.24. The third kappa shape index (κ3) is 4.17. The number of benzene rings is 2. The van der Waals surface area contributed by atoms with Gasteiger partial charge in [-0.15, -0.1) is 0 Å². The molecule has 3 aliphatic rings. The van der Waals surface area contributed by atoms with Crippen molar-refractivity contribution in [1.29, 1.82) is 0 Å². The Kier molecular flexibility index (Phi) is 6.26. The molecule has 0 aromatic heterocycles. The van der Waals surface area contributed by atoms with Crippen molar-refractivity contribution < 1.29 is 43.9 Å². The summed E-state index contributed by atoms with van der Waals surface area (Å²) in [7, 11) is 0. The summed E-state index contributed by atoms with van der Waals surface area (Å²) in [5.74, 6) is -1.46. The average Bonchev–Trinajstić information content (AvgIpc) is 3.33. The molecule has 0 spiro atoms. The van der Waals surface area contributed by atoms with E-state index in [-0.39, 0.29) is 6.54 Å². The first-order chi connectivity index (χ1) is 16.9. The van der Waals surface area contributed by atoms with Gasteiger partial charge in [-0.1, -0.05) is 48.5 Å². The Morgan fingerprint density at radius 2 is 1.66 bits per heavy atom. The summed E-state index contributed by atoms with van der Waals surface area (Å²) in [4.78, 5) is 38.2. The lowest BCUT2D eigenvalue weighted by atomic mass is 10.1. The SMILES string of the molecule is O=C(COC1CN([C@@H]2O[C@H](CO)C(O)[C@@H]2O)C(=O)NC1=O)OC1c2ccccc2-c2ccccc21. The van der Waals surface area contributed by atoms with Crippen LogP contribution in [0.4, 0.5) is 4.79 Å². The van der Waals surface area contributed by atoms with Crippen LogP contribution in [-0.2, 0) is 23.8 Å². The number of carbonyl (C=O) groups excluding carboxylic acids is 3. The third-order valence-electron chi connectivity index (χ3n) is 6.40. The topological polar surface area (TPSA) is 155 Å². The lowest BCUT2D eigenvalue weighted by molar-refractivity contribution is -0.160. The molecule has 1 aliphatic carbocycles. The molecule has 184 valence electrons. The summed E-state index contributed by atoms with van der Waals surface area (Å²) in [6.45, 7) is -1.46. The van der Waals surface area contributed by atoms with Crippen LogP contribution in [0.2, 0.25) is 0 Å². The second kappa shape index (κ2) is 9.36. The van der Waals surface area contributed by atoms with Gasteiger partial charge in [-0.2, -0.15) is 0 Å². The Hall–Kier alpha value is -3.35. The van der Waals surface area contributed by atoms with E-state index in [9.17, 15) is 29.7 Å². The van der Waals surface area contributed by atoms with Gasteiger partial charge in [0.25, 0.3) is 5.91 Å². The molecule has 3 amide bonds. The highest BCUT2D eigenvalue weighted by Gasteiger charge is 2.49. The van der Waals surface area contributed by atoms with Gasteiger partial charge in [0.05, 0.1) is 13.2 Å². The van der Waals surface area contributed by atoms with Crippen molar-refractivity contribution in [2.45, 2.75) is 36.7 Å². The van der Waals surface area contributed by atoms with Crippen LogP contribution in [0.15, 0.2) is 48.5 Å². The Morgan fingerprint density at radius 3 is 2.26 bits per heavy atom. The lowest BCUT2D eigenvalue weighted by Gasteiger charge is -2.36. The third-order valence-corrected chi connectivity index (χ3v) is 6.40. The molecule has 11 heteroatoms. The van der Waals surface area contributed by atoms with Crippen LogP contribution in [0.5, 0.6) is 0 Å². The number of amides is 3. The van der Waals surface area contributed by atoms with Crippen molar-refractivity contribution in [2.24, 2.45) is 0 Å². The van der Waals surface area contributed by atoms with Crippen LogP contribution in [0.25, 0.3) is 11.1 Å². The van der Waals surface area contributed by atoms with Gasteiger partial charge >= 0.3 is 12.0 Å². The number of aliphatic hydroxyl groups is 3. The molecule has 0 radical (unpaired) electrons. The molecule has 0 bridgehead atoms. The summed E-state index contributed by atoms with van der Waals surface area (Å²) in [6.07, 6.45) is -7.17. The zero-order valence-electron chi connectivity index (χ0n) is 18.4. The minimum atomic E-state index is -1.50. The number of aliphatic hydroxyl groups excluding tert-OH is 3. The van der Waals surface area contributed by atoms with Crippen LogP contribution < -0.4 is 5.32 Å². The molecular formula is C24H24N2O9.